The Balaban J connectivity index is 1.74. The van der Waals surface area contributed by atoms with Crippen LogP contribution in [-0.2, 0) is 20.0 Å². The molecule has 0 saturated heterocycles. The number of nitrogens with one attached hydrogen (secondary N) is 3. The van der Waals surface area contributed by atoms with Crippen molar-refractivity contribution < 1.29 is 16.8 Å². The van der Waals surface area contributed by atoms with Gasteiger partial charge in [-0.2, -0.15) is 4.31 Å². The molecule has 0 fully saturated rings. The second-order valence-electron chi connectivity index (χ2n) is 7.27. The summed E-state index contributed by atoms with van der Waals surface area (Å²) >= 11 is 0. The van der Waals surface area contributed by atoms with Crippen LogP contribution in [0.25, 0.3) is 0 Å². The molecule has 1 aromatic heterocycles. The summed E-state index contributed by atoms with van der Waals surface area (Å²) in [7, 11) is -7.42. The van der Waals surface area contributed by atoms with Crippen molar-refractivity contribution in [2.75, 3.05) is 29.6 Å². The number of nitrogens with two attached hydrogens (primary N) is 1. The standard InChI is InChI=1S/C21H27N7O4S2/c1-4-28(5-2)34(31,32)18-12-8-16(9-13-18)25-20-19(22)21(24-14-23-20)26-27-33(29,30)17-10-6-15(3)7-11-17/h6-14,27H,4-5,22H2,1-3H3,(H2,23,24,25,26). The van der Waals surface area contributed by atoms with Gasteiger partial charge in [0.2, 0.25) is 10.0 Å². The number of nitrogen functional groups attached to an aromatic ring is 1. The first-order valence-electron chi connectivity index (χ1n) is 10.4. The van der Waals surface area contributed by atoms with E-state index >= 15 is 0 Å². The van der Waals surface area contributed by atoms with Crippen LogP contribution < -0.4 is 21.3 Å². The van der Waals surface area contributed by atoms with Crippen molar-refractivity contribution in [3.05, 3.63) is 60.4 Å². The van der Waals surface area contributed by atoms with Gasteiger partial charge in [-0.1, -0.05) is 31.5 Å². The highest BCUT2D eigenvalue weighted by Gasteiger charge is 2.21. The zero-order valence-electron chi connectivity index (χ0n) is 19.0. The molecule has 0 amide bonds. The summed E-state index contributed by atoms with van der Waals surface area (Å²) in [6.07, 6.45) is 1.21. The SMILES string of the molecule is CCN(CC)S(=O)(=O)c1ccc(Nc2ncnc(NNS(=O)(=O)c3ccc(C)cc3)c2N)cc1. The predicted octanol–water partition coefficient (Wildman–Crippen LogP) is 2.45. The normalized spacial score (nSPS) is 12.0. The van der Waals surface area contributed by atoms with Crippen LogP contribution in [0.4, 0.5) is 23.0 Å². The van der Waals surface area contributed by atoms with E-state index in [1.54, 1.807) is 38.1 Å². The van der Waals surface area contributed by atoms with Crippen LogP contribution in [0.2, 0.25) is 0 Å². The third kappa shape index (κ3) is 5.62. The third-order valence-corrected chi connectivity index (χ3v) is 8.31. The van der Waals surface area contributed by atoms with Gasteiger partial charge in [0.1, 0.15) is 12.0 Å². The van der Waals surface area contributed by atoms with Gasteiger partial charge in [0.05, 0.1) is 9.79 Å². The average molecular weight is 506 g/mol. The van der Waals surface area contributed by atoms with Crippen LogP contribution in [0.15, 0.2) is 64.6 Å². The molecule has 3 aromatic rings. The lowest BCUT2D eigenvalue weighted by molar-refractivity contribution is 0.445. The number of hydrogen-bond donors (Lipinski definition) is 4. The Hall–Kier alpha value is -3.26. The van der Waals surface area contributed by atoms with Crippen molar-refractivity contribution >= 4 is 43.1 Å². The van der Waals surface area contributed by atoms with Crippen molar-refractivity contribution in [1.82, 2.24) is 19.1 Å². The first-order valence-corrected chi connectivity index (χ1v) is 13.3. The maximum Gasteiger partial charge on any atom is 0.257 e. The summed E-state index contributed by atoms with van der Waals surface area (Å²) in [5.41, 5.74) is 10.1. The van der Waals surface area contributed by atoms with Crippen molar-refractivity contribution in [3.63, 3.8) is 0 Å². The fraction of sp³-hybridized carbons (Fsp3) is 0.238. The Kier molecular flexibility index (Phi) is 7.71. The molecule has 0 unspecified atom stereocenters. The summed E-state index contributed by atoms with van der Waals surface area (Å²) in [6.45, 7) is 6.16. The Labute approximate surface area is 199 Å². The van der Waals surface area contributed by atoms with Gasteiger partial charge in [0.25, 0.3) is 10.0 Å². The number of aromatic nitrogens is 2. The molecule has 0 atom stereocenters. The Morgan fingerprint density at radius 3 is 2.00 bits per heavy atom. The molecule has 34 heavy (non-hydrogen) atoms. The van der Waals surface area contributed by atoms with Crippen LogP contribution in [-0.4, -0.2) is 44.2 Å². The smallest absolute Gasteiger partial charge is 0.257 e. The van der Waals surface area contributed by atoms with Crippen LogP contribution in [0.1, 0.15) is 19.4 Å². The molecule has 3 rings (SSSR count). The molecule has 0 aliphatic carbocycles. The van der Waals surface area contributed by atoms with Gasteiger partial charge in [-0.3, -0.25) is 5.43 Å². The third-order valence-electron chi connectivity index (χ3n) is 4.98. The van der Waals surface area contributed by atoms with Gasteiger partial charge < -0.3 is 11.1 Å². The van der Waals surface area contributed by atoms with Crippen molar-refractivity contribution in [3.8, 4) is 0 Å². The van der Waals surface area contributed by atoms with E-state index in [-0.39, 0.29) is 27.1 Å². The highest BCUT2D eigenvalue weighted by atomic mass is 32.2. The number of anilines is 4. The van der Waals surface area contributed by atoms with Crippen molar-refractivity contribution in [1.29, 1.82) is 0 Å². The molecule has 1 heterocycles. The highest BCUT2D eigenvalue weighted by molar-refractivity contribution is 7.89. The largest absolute Gasteiger partial charge is 0.393 e. The number of hydrazine groups is 1. The molecule has 0 bridgehead atoms. The molecule has 182 valence electrons. The highest BCUT2D eigenvalue weighted by Crippen LogP contribution is 2.26. The lowest BCUT2D eigenvalue weighted by Crippen LogP contribution is -2.30. The molecular weight excluding hydrogens is 478 g/mol. The maximum absolute atomic E-state index is 12.6. The first kappa shape index (κ1) is 25.4. The molecule has 0 saturated carbocycles. The minimum absolute atomic E-state index is 0.0499. The maximum atomic E-state index is 12.6. The number of hydrogen-bond acceptors (Lipinski definition) is 9. The van der Waals surface area contributed by atoms with E-state index in [1.165, 1.54) is 34.9 Å². The summed E-state index contributed by atoms with van der Waals surface area (Å²) in [6, 6.07) is 12.5. The zero-order valence-corrected chi connectivity index (χ0v) is 20.6. The van der Waals surface area contributed by atoms with Crippen molar-refractivity contribution in [2.24, 2.45) is 0 Å². The van der Waals surface area contributed by atoms with Gasteiger partial charge in [0.15, 0.2) is 11.6 Å². The molecule has 0 radical (unpaired) electrons. The molecule has 11 nitrogen and oxygen atoms in total. The first-order chi connectivity index (χ1) is 16.1. The van der Waals surface area contributed by atoms with Gasteiger partial charge in [-0.15, -0.1) is 4.83 Å². The van der Waals surface area contributed by atoms with E-state index < -0.39 is 20.0 Å². The van der Waals surface area contributed by atoms with Crippen molar-refractivity contribution in [2.45, 2.75) is 30.6 Å². The second-order valence-corrected chi connectivity index (χ2v) is 10.9. The molecule has 0 aliphatic rings. The molecule has 13 heteroatoms. The van der Waals surface area contributed by atoms with E-state index in [9.17, 15) is 16.8 Å². The average Bonchev–Trinajstić information content (AvgIpc) is 2.81. The van der Waals surface area contributed by atoms with Gasteiger partial charge in [0, 0.05) is 18.8 Å². The number of rotatable bonds is 10. The minimum atomic E-state index is -3.85. The summed E-state index contributed by atoms with van der Waals surface area (Å²) in [4.78, 5) is 10.6. The summed E-state index contributed by atoms with van der Waals surface area (Å²) in [5, 5.41) is 2.98. The van der Waals surface area contributed by atoms with E-state index in [0.29, 0.717) is 18.8 Å². The fourth-order valence-electron chi connectivity index (χ4n) is 3.05. The van der Waals surface area contributed by atoms with Crippen LogP contribution in [0, 0.1) is 6.92 Å². The number of nitrogens with zero attached hydrogens (tertiary/aromatic N) is 3. The number of aryl methyl sites for hydroxylation is 1. The molecular formula is C21H27N7O4S2. The van der Waals surface area contributed by atoms with E-state index in [0.717, 1.165) is 5.56 Å². The Morgan fingerprint density at radius 2 is 1.41 bits per heavy atom. The molecule has 2 aromatic carbocycles. The monoisotopic (exact) mass is 505 g/mol. The Morgan fingerprint density at radius 1 is 0.853 bits per heavy atom. The molecule has 0 spiro atoms. The molecule has 0 aliphatic heterocycles. The minimum Gasteiger partial charge on any atom is -0.393 e. The predicted molar refractivity (Wildman–Crippen MR) is 131 cm³/mol. The fourth-order valence-corrected chi connectivity index (χ4v) is 5.35. The van der Waals surface area contributed by atoms with E-state index in [4.69, 9.17) is 5.73 Å². The van der Waals surface area contributed by atoms with Gasteiger partial charge >= 0.3 is 0 Å². The van der Waals surface area contributed by atoms with E-state index in [2.05, 4.69) is 25.5 Å². The lowest BCUT2D eigenvalue weighted by Gasteiger charge is -2.18. The summed E-state index contributed by atoms with van der Waals surface area (Å²) < 4.78 is 51.6. The summed E-state index contributed by atoms with van der Waals surface area (Å²) in [5.74, 6) is 0.264. The quantitative estimate of drug-likeness (QED) is 0.303. The van der Waals surface area contributed by atoms with Crippen LogP contribution in [0.3, 0.4) is 0 Å². The molecule has 5 N–H and O–H groups in total. The zero-order chi connectivity index (χ0) is 24.9. The Bertz CT molecular complexity index is 1340. The van der Waals surface area contributed by atoms with Crippen LogP contribution in [0.5, 0.6) is 0 Å². The van der Waals surface area contributed by atoms with Crippen LogP contribution >= 0.6 is 0 Å². The number of benzene rings is 2. The van der Waals surface area contributed by atoms with Gasteiger partial charge in [-0.05, 0) is 43.3 Å². The number of sulfonamides is 2. The second kappa shape index (κ2) is 10.3. The lowest BCUT2D eigenvalue weighted by atomic mass is 10.2. The topological polar surface area (TPSA) is 159 Å². The van der Waals surface area contributed by atoms with Gasteiger partial charge in [-0.25, -0.2) is 26.8 Å². The van der Waals surface area contributed by atoms with E-state index in [1.807, 2.05) is 6.92 Å².